The predicted octanol–water partition coefficient (Wildman–Crippen LogP) is 4.23. The maximum absolute atomic E-state index is 10.4. The van der Waals surface area contributed by atoms with Gasteiger partial charge in [-0.15, -0.1) is 11.8 Å². The van der Waals surface area contributed by atoms with E-state index in [-0.39, 0.29) is 6.10 Å². The average molecular weight is 283 g/mol. The standard InChI is InChI=1S/C15H19ClOS/c16-13-3-1-2-4-15(13)18-9-14(17)12-8-10-5-6-11(12)7-10/h1-4,10-12,14,17H,5-9H2. The number of fused-ring (bicyclic) bond motifs is 2. The SMILES string of the molecule is OC(CSc1ccccc1Cl)C1CC2CCC1C2. The minimum absolute atomic E-state index is 0.165. The minimum Gasteiger partial charge on any atom is -0.392 e. The van der Waals surface area contributed by atoms with E-state index in [4.69, 9.17) is 11.6 Å². The minimum atomic E-state index is -0.165. The van der Waals surface area contributed by atoms with Gasteiger partial charge in [0.25, 0.3) is 0 Å². The Hall–Kier alpha value is -0.180. The number of aliphatic hydroxyl groups excluding tert-OH is 1. The summed E-state index contributed by atoms with van der Waals surface area (Å²) in [7, 11) is 0. The highest BCUT2D eigenvalue weighted by Gasteiger charge is 2.42. The van der Waals surface area contributed by atoms with Crippen LogP contribution in [0.15, 0.2) is 29.2 Å². The number of rotatable bonds is 4. The second-order valence-corrected chi connectivity index (χ2v) is 7.12. The van der Waals surface area contributed by atoms with E-state index in [0.717, 1.165) is 27.5 Å². The zero-order valence-corrected chi connectivity index (χ0v) is 12.0. The summed E-state index contributed by atoms with van der Waals surface area (Å²) in [5.41, 5.74) is 0. The van der Waals surface area contributed by atoms with Crippen LogP contribution in [0.5, 0.6) is 0 Å². The molecule has 2 bridgehead atoms. The van der Waals surface area contributed by atoms with Crippen LogP contribution in [-0.4, -0.2) is 17.0 Å². The first-order chi connectivity index (χ1) is 8.74. The molecule has 0 aliphatic heterocycles. The van der Waals surface area contributed by atoms with Crippen LogP contribution in [0.25, 0.3) is 0 Å². The van der Waals surface area contributed by atoms with Gasteiger partial charge in [0.2, 0.25) is 0 Å². The molecule has 2 aliphatic rings. The highest BCUT2D eigenvalue weighted by Crippen LogP contribution is 2.50. The summed E-state index contributed by atoms with van der Waals surface area (Å²) in [5.74, 6) is 3.01. The maximum atomic E-state index is 10.4. The van der Waals surface area contributed by atoms with Gasteiger partial charge < -0.3 is 5.11 Å². The summed E-state index contributed by atoms with van der Waals surface area (Å²) in [6.07, 6.45) is 5.17. The third kappa shape index (κ3) is 2.56. The molecule has 0 saturated heterocycles. The summed E-state index contributed by atoms with van der Waals surface area (Å²) < 4.78 is 0. The lowest BCUT2D eigenvalue weighted by atomic mass is 9.85. The summed E-state index contributed by atoms with van der Waals surface area (Å²) in [6.45, 7) is 0. The summed E-state index contributed by atoms with van der Waals surface area (Å²) in [6, 6.07) is 7.88. The fourth-order valence-corrected chi connectivity index (χ4v) is 4.90. The van der Waals surface area contributed by atoms with Gasteiger partial charge in [0.05, 0.1) is 11.1 Å². The first kappa shape index (κ1) is 12.8. The van der Waals surface area contributed by atoms with E-state index in [0.29, 0.717) is 5.92 Å². The van der Waals surface area contributed by atoms with Crippen molar-refractivity contribution in [2.24, 2.45) is 17.8 Å². The molecule has 3 heteroatoms. The molecule has 0 aromatic heterocycles. The van der Waals surface area contributed by atoms with Crippen LogP contribution in [0, 0.1) is 17.8 Å². The molecule has 0 radical (unpaired) electrons. The first-order valence-electron chi connectivity index (χ1n) is 6.79. The lowest BCUT2D eigenvalue weighted by Crippen LogP contribution is -2.27. The van der Waals surface area contributed by atoms with E-state index in [1.165, 1.54) is 25.7 Å². The van der Waals surface area contributed by atoms with Crippen LogP contribution in [0.1, 0.15) is 25.7 Å². The van der Waals surface area contributed by atoms with Crippen molar-refractivity contribution in [3.63, 3.8) is 0 Å². The van der Waals surface area contributed by atoms with Gasteiger partial charge in [-0.2, -0.15) is 0 Å². The molecule has 1 aromatic rings. The molecular weight excluding hydrogens is 264 g/mol. The van der Waals surface area contributed by atoms with Gasteiger partial charge in [-0.3, -0.25) is 0 Å². The number of aliphatic hydroxyl groups is 1. The normalized spacial score (nSPS) is 31.8. The van der Waals surface area contributed by atoms with Crippen molar-refractivity contribution < 1.29 is 5.11 Å². The number of halogens is 1. The Kier molecular flexibility index (Phi) is 3.88. The van der Waals surface area contributed by atoms with E-state index in [2.05, 4.69) is 0 Å². The fraction of sp³-hybridized carbons (Fsp3) is 0.600. The Morgan fingerprint density at radius 2 is 2.11 bits per heavy atom. The molecule has 18 heavy (non-hydrogen) atoms. The molecule has 0 spiro atoms. The zero-order valence-electron chi connectivity index (χ0n) is 10.4. The van der Waals surface area contributed by atoms with Crippen molar-refractivity contribution in [1.29, 1.82) is 0 Å². The van der Waals surface area contributed by atoms with E-state index >= 15 is 0 Å². The van der Waals surface area contributed by atoms with Gasteiger partial charge in [0.15, 0.2) is 0 Å². The Morgan fingerprint density at radius 1 is 1.28 bits per heavy atom. The molecule has 0 heterocycles. The highest BCUT2D eigenvalue weighted by atomic mass is 35.5. The second-order valence-electron chi connectivity index (χ2n) is 5.65. The van der Waals surface area contributed by atoms with Gasteiger partial charge in [-0.05, 0) is 49.1 Å². The third-order valence-electron chi connectivity index (χ3n) is 4.53. The van der Waals surface area contributed by atoms with Crippen molar-refractivity contribution in [2.45, 2.75) is 36.7 Å². The van der Waals surface area contributed by atoms with Crippen LogP contribution < -0.4 is 0 Å². The van der Waals surface area contributed by atoms with Gasteiger partial charge in [0.1, 0.15) is 0 Å². The quantitative estimate of drug-likeness (QED) is 0.834. The number of hydrogen-bond donors (Lipinski definition) is 1. The van der Waals surface area contributed by atoms with Crippen molar-refractivity contribution >= 4 is 23.4 Å². The largest absolute Gasteiger partial charge is 0.392 e. The zero-order chi connectivity index (χ0) is 12.5. The second kappa shape index (κ2) is 5.44. The average Bonchev–Trinajstić information content (AvgIpc) is 2.99. The Balaban J connectivity index is 1.56. The molecule has 1 aromatic carbocycles. The maximum Gasteiger partial charge on any atom is 0.0664 e. The molecule has 98 valence electrons. The molecule has 0 amide bonds. The molecule has 1 nitrogen and oxygen atoms in total. The summed E-state index contributed by atoms with van der Waals surface area (Å²) in [5, 5.41) is 11.2. The molecule has 3 rings (SSSR count). The van der Waals surface area contributed by atoms with Crippen LogP contribution in [0.4, 0.5) is 0 Å². The van der Waals surface area contributed by atoms with Crippen LogP contribution >= 0.6 is 23.4 Å². The molecule has 2 fully saturated rings. The van der Waals surface area contributed by atoms with E-state index in [1.54, 1.807) is 11.8 Å². The molecule has 2 saturated carbocycles. The number of thioether (sulfide) groups is 1. The van der Waals surface area contributed by atoms with Gasteiger partial charge in [0, 0.05) is 10.6 Å². The monoisotopic (exact) mass is 282 g/mol. The third-order valence-corrected chi connectivity index (χ3v) is 6.15. The van der Waals surface area contributed by atoms with E-state index < -0.39 is 0 Å². The Morgan fingerprint density at radius 3 is 2.78 bits per heavy atom. The summed E-state index contributed by atoms with van der Waals surface area (Å²) in [4.78, 5) is 1.08. The Labute approximate surface area is 118 Å². The lowest BCUT2D eigenvalue weighted by molar-refractivity contribution is 0.0944. The van der Waals surface area contributed by atoms with Crippen LogP contribution in [0.3, 0.4) is 0 Å². The smallest absolute Gasteiger partial charge is 0.0664 e. The van der Waals surface area contributed by atoms with Gasteiger partial charge in [-0.1, -0.05) is 30.2 Å². The van der Waals surface area contributed by atoms with E-state index in [1.807, 2.05) is 24.3 Å². The van der Waals surface area contributed by atoms with Crippen LogP contribution in [0.2, 0.25) is 5.02 Å². The molecular formula is C15H19ClOS. The lowest BCUT2D eigenvalue weighted by Gasteiger charge is -2.26. The van der Waals surface area contributed by atoms with E-state index in [9.17, 15) is 5.11 Å². The highest BCUT2D eigenvalue weighted by molar-refractivity contribution is 7.99. The number of benzene rings is 1. The predicted molar refractivity (Wildman–Crippen MR) is 77.1 cm³/mol. The van der Waals surface area contributed by atoms with Crippen molar-refractivity contribution in [1.82, 2.24) is 0 Å². The fourth-order valence-electron chi connectivity index (χ4n) is 3.63. The first-order valence-corrected chi connectivity index (χ1v) is 8.16. The van der Waals surface area contributed by atoms with Crippen molar-refractivity contribution in [3.05, 3.63) is 29.3 Å². The van der Waals surface area contributed by atoms with Crippen molar-refractivity contribution in [2.75, 3.05) is 5.75 Å². The summed E-state index contributed by atoms with van der Waals surface area (Å²) >= 11 is 7.82. The Bertz CT molecular complexity index is 423. The number of hydrogen-bond acceptors (Lipinski definition) is 2. The molecule has 4 unspecified atom stereocenters. The molecule has 4 atom stereocenters. The van der Waals surface area contributed by atoms with Gasteiger partial charge >= 0.3 is 0 Å². The van der Waals surface area contributed by atoms with Crippen molar-refractivity contribution in [3.8, 4) is 0 Å². The molecule has 1 N–H and O–H groups in total. The topological polar surface area (TPSA) is 20.2 Å². The molecule has 2 aliphatic carbocycles. The van der Waals surface area contributed by atoms with Crippen LogP contribution in [-0.2, 0) is 0 Å². The van der Waals surface area contributed by atoms with Gasteiger partial charge in [-0.25, -0.2) is 0 Å².